The standard InChI is InChI=1S/C34H54O11Si/c1-13-34(35)24-23(27(29-30(34)44-31(2,3)41-29)40-18-20-14-16-21(37-7)17-15-20)28-26(22(19-36-6)25(24)45-46(10,11)12)42-32(4,38-8)33(5,39-9)43-28/h13-17,22-30,35H,1,18-19H2,2-12H3/t22-,23+,24+,25-,26-,27-,28-,29-,30-,32+,33+,34-/m1/s1. The largest absolute Gasteiger partial charge is 0.497 e. The highest BCUT2D eigenvalue weighted by atomic mass is 28.4. The molecule has 2 aliphatic heterocycles. The summed E-state index contributed by atoms with van der Waals surface area (Å²) < 4.78 is 64.1. The van der Waals surface area contributed by atoms with E-state index in [-0.39, 0.29) is 19.1 Å². The zero-order valence-electron chi connectivity index (χ0n) is 29.2. The fraction of sp³-hybridized carbons (Fsp3) is 0.765. The lowest BCUT2D eigenvalue weighted by Gasteiger charge is -2.65. The molecule has 4 aliphatic rings. The van der Waals surface area contributed by atoms with E-state index in [0.29, 0.717) is 0 Å². The minimum absolute atomic E-state index is 0.272. The van der Waals surface area contributed by atoms with Gasteiger partial charge in [0.25, 0.3) is 0 Å². The minimum Gasteiger partial charge on any atom is -0.497 e. The second kappa shape index (κ2) is 12.8. The van der Waals surface area contributed by atoms with Crippen LogP contribution in [0.2, 0.25) is 19.6 Å². The Hall–Kier alpha value is -1.42. The highest BCUT2D eigenvalue weighted by Gasteiger charge is 2.74. The maximum absolute atomic E-state index is 12.9. The molecule has 1 aromatic rings. The smallest absolute Gasteiger partial charge is 0.220 e. The molecule has 0 aromatic heterocycles. The molecular weight excluding hydrogens is 612 g/mol. The van der Waals surface area contributed by atoms with Crippen molar-refractivity contribution >= 4 is 8.32 Å². The number of hydrogen-bond donors (Lipinski definition) is 1. The number of ether oxygens (including phenoxy) is 9. The third kappa shape index (κ3) is 6.13. The lowest BCUT2D eigenvalue weighted by atomic mass is 9.54. The van der Waals surface area contributed by atoms with Crippen LogP contribution in [0.4, 0.5) is 0 Å². The molecule has 2 aliphatic carbocycles. The summed E-state index contributed by atoms with van der Waals surface area (Å²) in [6, 6.07) is 7.73. The van der Waals surface area contributed by atoms with Gasteiger partial charge >= 0.3 is 0 Å². The van der Waals surface area contributed by atoms with Gasteiger partial charge in [0.2, 0.25) is 11.6 Å². The number of methoxy groups -OCH3 is 4. The Balaban J connectivity index is 1.69. The number of fused-ring (bicyclic) bond motifs is 4. The van der Waals surface area contributed by atoms with Gasteiger partial charge in [-0.25, -0.2) is 0 Å². The number of benzene rings is 1. The summed E-state index contributed by atoms with van der Waals surface area (Å²) in [7, 11) is 4.18. The molecule has 46 heavy (non-hydrogen) atoms. The highest BCUT2D eigenvalue weighted by Crippen LogP contribution is 2.59. The van der Waals surface area contributed by atoms with Crippen molar-refractivity contribution in [1.29, 1.82) is 0 Å². The third-order valence-electron chi connectivity index (χ3n) is 10.2. The quantitative estimate of drug-likeness (QED) is 0.270. The normalized spacial score (nSPS) is 43.3. The summed E-state index contributed by atoms with van der Waals surface area (Å²) in [5, 5.41) is 12.9. The average molecular weight is 667 g/mol. The van der Waals surface area contributed by atoms with Gasteiger partial charge in [-0.2, -0.15) is 0 Å². The molecule has 0 amide bonds. The molecular formula is C34H54O11Si. The summed E-state index contributed by atoms with van der Waals surface area (Å²) in [4.78, 5) is 0. The SMILES string of the molecule is C=C[C@@]1(O)[C@@H]2[C@H](O[Si](C)(C)C)[C@@H](COC)[C@H]3O[C@](C)(OC)[C@@](C)(OC)O[C@@H]3[C@@H]2[C@@H](OCc2ccc(OC)cc2)[C@H]2OC(C)(C)O[C@H]21. The molecule has 2 heterocycles. The predicted octanol–water partition coefficient (Wildman–Crippen LogP) is 4.27. The average Bonchev–Trinajstić information content (AvgIpc) is 3.34. The van der Waals surface area contributed by atoms with Crippen LogP contribution in [0, 0.1) is 17.8 Å². The summed E-state index contributed by atoms with van der Waals surface area (Å²) in [6.07, 6.45) is -2.27. The van der Waals surface area contributed by atoms with Gasteiger partial charge in [0.15, 0.2) is 14.1 Å². The van der Waals surface area contributed by atoms with Gasteiger partial charge in [0.05, 0.1) is 44.7 Å². The Kier molecular flexibility index (Phi) is 9.98. The van der Waals surface area contributed by atoms with Crippen molar-refractivity contribution in [3.63, 3.8) is 0 Å². The van der Waals surface area contributed by atoms with E-state index in [1.54, 1.807) is 41.4 Å². The van der Waals surface area contributed by atoms with E-state index < -0.39 is 79.7 Å². The van der Waals surface area contributed by atoms with Crippen LogP contribution in [0.15, 0.2) is 36.9 Å². The van der Waals surface area contributed by atoms with Crippen LogP contribution in [0.5, 0.6) is 5.75 Å². The topological polar surface area (TPSA) is 113 Å². The van der Waals surface area contributed by atoms with Gasteiger partial charge in [0.1, 0.15) is 23.6 Å². The second-order valence-corrected chi connectivity index (χ2v) is 19.1. The Morgan fingerprint density at radius 1 is 0.848 bits per heavy atom. The van der Waals surface area contributed by atoms with E-state index >= 15 is 0 Å². The van der Waals surface area contributed by atoms with Crippen molar-refractivity contribution in [2.24, 2.45) is 17.8 Å². The molecule has 4 fully saturated rings. The van der Waals surface area contributed by atoms with Crippen LogP contribution < -0.4 is 4.74 Å². The molecule has 0 radical (unpaired) electrons. The van der Waals surface area contributed by atoms with Crippen LogP contribution in [-0.4, -0.2) is 108 Å². The minimum atomic E-state index is -2.24. The Labute approximate surface area is 274 Å². The molecule has 0 unspecified atom stereocenters. The molecule has 11 nitrogen and oxygen atoms in total. The maximum Gasteiger partial charge on any atom is 0.220 e. The first-order chi connectivity index (χ1) is 21.5. The molecule has 1 aromatic carbocycles. The first kappa shape index (κ1) is 35.9. The molecule has 2 saturated heterocycles. The van der Waals surface area contributed by atoms with E-state index in [1.165, 1.54) is 0 Å². The Morgan fingerprint density at radius 2 is 1.46 bits per heavy atom. The Bertz CT molecular complexity index is 1220. The molecule has 0 bridgehead atoms. The molecule has 260 valence electrons. The van der Waals surface area contributed by atoms with Crippen LogP contribution in [-0.2, 0) is 48.9 Å². The van der Waals surface area contributed by atoms with Crippen LogP contribution in [0.25, 0.3) is 0 Å². The van der Waals surface area contributed by atoms with Gasteiger partial charge in [0, 0.05) is 39.1 Å². The van der Waals surface area contributed by atoms with Gasteiger partial charge < -0.3 is 52.2 Å². The van der Waals surface area contributed by atoms with Crippen molar-refractivity contribution in [3.8, 4) is 5.75 Å². The lowest BCUT2D eigenvalue weighted by molar-refractivity contribution is -0.472. The van der Waals surface area contributed by atoms with E-state index in [0.717, 1.165) is 11.3 Å². The second-order valence-electron chi connectivity index (χ2n) is 14.6. The van der Waals surface area contributed by atoms with Crippen LogP contribution in [0.1, 0.15) is 33.3 Å². The van der Waals surface area contributed by atoms with Crippen LogP contribution in [0.3, 0.4) is 0 Å². The molecule has 1 N–H and O–H groups in total. The molecule has 5 rings (SSSR count). The van der Waals surface area contributed by atoms with Crippen LogP contribution >= 0.6 is 0 Å². The van der Waals surface area contributed by atoms with E-state index in [2.05, 4.69) is 26.2 Å². The van der Waals surface area contributed by atoms with Gasteiger partial charge in [-0.15, -0.1) is 6.58 Å². The predicted molar refractivity (Wildman–Crippen MR) is 172 cm³/mol. The van der Waals surface area contributed by atoms with Crippen molar-refractivity contribution in [3.05, 3.63) is 42.5 Å². The van der Waals surface area contributed by atoms with Crippen molar-refractivity contribution in [2.75, 3.05) is 35.0 Å². The van der Waals surface area contributed by atoms with E-state index in [9.17, 15) is 5.11 Å². The zero-order chi connectivity index (χ0) is 33.9. The monoisotopic (exact) mass is 666 g/mol. The fourth-order valence-electron chi connectivity index (χ4n) is 7.92. The molecule has 12 atom stereocenters. The van der Waals surface area contributed by atoms with Gasteiger partial charge in [-0.1, -0.05) is 18.2 Å². The maximum atomic E-state index is 12.9. The van der Waals surface area contributed by atoms with E-state index in [1.807, 2.05) is 45.0 Å². The lowest BCUT2D eigenvalue weighted by Crippen LogP contribution is -2.79. The fourth-order valence-corrected chi connectivity index (χ4v) is 9.06. The molecule has 0 spiro atoms. The summed E-state index contributed by atoms with van der Waals surface area (Å²) in [5.41, 5.74) is -0.634. The van der Waals surface area contributed by atoms with Crippen molar-refractivity contribution < 1.29 is 52.2 Å². The first-order valence-corrected chi connectivity index (χ1v) is 19.5. The number of aliphatic hydroxyl groups is 1. The third-order valence-corrected chi connectivity index (χ3v) is 11.2. The Morgan fingerprint density at radius 3 is 1.98 bits per heavy atom. The molecule has 2 saturated carbocycles. The van der Waals surface area contributed by atoms with E-state index in [4.69, 9.17) is 47.1 Å². The summed E-state index contributed by atoms with van der Waals surface area (Å²) in [5.74, 6) is -4.31. The first-order valence-electron chi connectivity index (χ1n) is 16.1. The highest BCUT2D eigenvalue weighted by molar-refractivity contribution is 6.69. The van der Waals surface area contributed by atoms with Gasteiger partial charge in [-0.05, 0) is 65.0 Å². The number of hydrogen-bond acceptors (Lipinski definition) is 11. The summed E-state index contributed by atoms with van der Waals surface area (Å²) >= 11 is 0. The zero-order valence-corrected chi connectivity index (χ0v) is 30.2. The van der Waals surface area contributed by atoms with Crippen molar-refractivity contribution in [2.45, 2.75) is 114 Å². The van der Waals surface area contributed by atoms with Gasteiger partial charge in [-0.3, -0.25) is 0 Å². The summed E-state index contributed by atoms with van der Waals surface area (Å²) in [6.45, 7) is 18.4. The number of rotatable bonds is 11. The molecule has 12 heteroatoms. The van der Waals surface area contributed by atoms with Crippen molar-refractivity contribution in [1.82, 2.24) is 0 Å².